The molecule has 6 heteroatoms. The number of anilines is 1. The maximum atomic E-state index is 7.57. The summed E-state index contributed by atoms with van der Waals surface area (Å²) in [5, 5.41) is 10.8. The lowest BCUT2D eigenvalue weighted by molar-refractivity contribution is 0.805. The molecular weight excluding hydrogens is 265 g/mol. The van der Waals surface area contributed by atoms with E-state index in [1.807, 2.05) is 29.5 Å². The fourth-order valence-corrected chi connectivity index (χ4v) is 2.05. The van der Waals surface area contributed by atoms with Gasteiger partial charge in [-0.05, 0) is 36.4 Å². The molecule has 1 heterocycles. The second kappa shape index (κ2) is 5.66. The lowest BCUT2D eigenvalue weighted by Gasteiger charge is -2.20. The second-order valence-electron chi connectivity index (χ2n) is 3.32. The Morgan fingerprint density at radius 3 is 3.00 bits per heavy atom. The molecule has 0 spiro atoms. The molecule has 1 aliphatic heterocycles. The van der Waals surface area contributed by atoms with Crippen molar-refractivity contribution in [2.75, 3.05) is 17.8 Å². The summed E-state index contributed by atoms with van der Waals surface area (Å²) in [4.78, 5) is 0. The highest BCUT2D eigenvalue weighted by Gasteiger charge is 2.19. The molecule has 1 aromatic rings. The number of hydrogen-bond donors (Lipinski definition) is 2. The monoisotopic (exact) mass is 277 g/mol. The van der Waals surface area contributed by atoms with E-state index >= 15 is 0 Å². The van der Waals surface area contributed by atoms with E-state index in [4.69, 9.17) is 17.0 Å². The number of fused-ring (bicyclic) bond motifs is 1. The number of benzene rings is 1. The molecule has 0 bridgehead atoms. The van der Waals surface area contributed by atoms with E-state index in [9.17, 15) is 0 Å². The molecule has 0 aliphatic carbocycles. The molecule has 0 atom stereocenters. The third-order valence-corrected chi connectivity index (χ3v) is 3.11. The first-order chi connectivity index (χ1) is 7.20. The highest BCUT2D eigenvalue weighted by atomic mass is 35.5. The van der Waals surface area contributed by atoms with Crippen LogP contribution in [0.25, 0.3) is 0 Å². The highest BCUT2D eigenvalue weighted by Crippen LogP contribution is 2.29. The van der Waals surface area contributed by atoms with Crippen molar-refractivity contribution >= 4 is 46.6 Å². The van der Waals surface area contributed by atoms with Crippen molar-refractivity contribution in [1.82, 2.24) is 5.43 Å². The average molecular weight is 278 g/mol. The maximum absolute atomic E-state index is 7.57. The fraction of sp³-hybridized carbons (Fsp3) is 0.300. The summed E-state index contributed by atoms with van der Waals surface area (Å²) >= 11 is 7.31. The Labute approximate surface area is 110 Å². The standard InChI is InChI=1S/C10H12ClN3S.ClH/c1-15-10(12)13-14-5-4-7-6-8(11)2-3-9(7)14;/h2-3,6H,4-5H2,1H3,(H2,12,13);1H. The van der Waals surface area contributed by atoms with Gasteiger partial charge in [-0.15, -0.1) is 12.4 Å². The van der Waals surface area contributed by atoms with Crippen molar-refractivity contribution in [1.29, 1.82) is 5.41 Å². The molecular formula is C10H13Cl2N3S. The van der Waals surface area contributed by atoms with Gasteiger partial charge in [-0.1, -0.05) is 23.4 Å². The van der Waals surface area contributed by atoms with Crippen molar-refractivity contribution in [2.45, 2.75) is 6.42 Å². The molecule has 16 heavy (non-hydrogen) atoms. The Morgan fingerprint density at radius 1 is 1.56 bits per heavy atom. The molecule has 0 fully saturated rings. The Hall–Kier alpha value is -0.580. The van der Waals surface area contributed by atoms with Gasteiger partial charge in [0.05, 0.1) is 5.69 Å². The normalized spacial score (nSPS) is 13.0. The van der Waals surface area contributed by atoms with Crippen LogP contribution in [-0.4, -0.2) is 18.0 Å². The number of halogens is 2. The van der Waals surface area contributed by atoms with Gasteiger partial charge in [0.25, 0.3) is 0 Å². The molecule has 2 rings (SSSR count). The SMILES string of the molecule is CSC(=N)NN1CCc2cc(Cl)ccc21.Cl. The zero-order chi connectivity index (χ0) is 10.8. The van der Waals surface area contributed by atoms with E-state index in [0.717, 1.165) is 23.7 Å². The molecule has 3 nitrogen and oxygen atoms in total. The smallest absolute Gasteiger partial charge is 0.172 e. The topological polar surface area (TPSA) is 39.1 Å². The van der Waals surface area contributed by atoms with Gasteiger partial charge in [0.2, 0.25) is 0 Å². The average Bonchev–Trinajstić information content (AvgIpc) is 2.60. The predicted octanol–water partition coefficient (Wildman–Crippen LogP) is 2.93. The Morgan fingerprint density at radius 2 is 2.31 bits per heavy atom. The fourth-order valence-electron chi connectivity index (χ4n) is 1.65. The van der Waals surface area contributed by atoms with Crippen LogP contribution < -0.4 is 10.4 Å². The van der Waals surface area contributed by atoms with Gasteiger partial charge in [-0.2, -0.15) is 0 Å². The molecule has 0 unspecified atom stereocenters. The van der Waals surface area contributed by atoms with Gasteiger partial charge in [0.1, 0.15) is 0 Å². The molecule has 2 N–H and O–H groups in total. The second-order valence-corrected chi connectivity index (χ2v) is 4.57. The third-order valence-electron chi connectivity index (χ3n) is 2.38. The Bertz CT molecular complexity index is 398. The van der Waals surface area contributed by atoms with Crippen LogP contribution in [0.5, 0.6) is 0 Å². The molecule has 0 saturated carbocycles. The lowest BCUT2D eigenvalue weighted by Crippen LogP contribution is -2.39. The number of hydrogen-bond acceptors (Lipinski definition) is 3. The van der Waals surface area contributed by atoms with Crippen molar-refractivity contribution in [2.24, 2.45) is 0 Å². The minimum absolute atomic E-state index is 0. The number of amidine groups is 1. The van der Waals surface area contributed by atoms with Gasteiger partial charge < -0.3 is 0 Å². The molecule has 88 valence electrons. The van der Waals surface area contributed by atoms with Crippen LogP contribution in [0.4, 0.5) is 5.69 Å². The highest BCUT2D eigenvalue weighted by molar-refractivity contribution is 8.13. The maximum Gasteiger partial charge on any atom is 0.172 e. The number of hydrazine groups is 1. The molecule has 1 aromatic carbocycles. The first-order valence-electron chi connectivity index (χ1n) is 4.66. The summed E-state index contributed by atoms with van der Waals surface area (Å²) < 4.78 is 0. The zero-order valence-electron chi connectivity index (χ0n) is 8.79. The lowest BCUT2D eigenvalue weighted by atomic mass is 10.2. The van der Waals surface area contributed by atoms with Crippen LogP contribution in [0, 0.1) is 5.41 Å². The molecule has 0 saturated heterocycles. The quantitative estimate of drug-likeness (QED) is 0.613. The van der Waals surface area contributed by atoms with Crippen molar-refractivity contribution in [3.8, 4) is 0 Å². The molecule has 1 aliphatic rings. The van der Waals surface area contributed by atoms with E-state index in [2.05, 4.69) is 5.43 Å². The van der Waals surface area contributed by atoms with Gasteiger partial charge in [-0.25, -0.2) is 0 Å². The summed E-state index contributed by atoms with van der Waals surface area (Å²) in [6.07, 6.45) is 2.86. The van der Waals surface area contributed by atoms with Crippen LogP contribution >= 0.6 is 35.8 Å². The van der Waals surface area contributed by atoms with E-state index in [-0.39, 0.29) is 12.4 Å². The van der Waals surface area contributed by atoms with Crippen molar-refractivity contribution in [3.05, 3.63) is 28.8 Å². The summed E-state index contributed by atoms with van der Waals surface area (Å²) in [6.45, 7) is 0.888. The number of rotatable bonds is 1. The number of nitrogens with one attached hydrogen (secondary N) is 2. The third kappa shape index (κ3) is 2.75. The first kappa shape index (κ1) is 13.5. The van der Waals surface area contributed by atoms with Crippen LogP contribution in [-0.2, 0) is 6.42 Å². The predicted molar refractivity (Wildman–Crippen MR) is 74.1 cm³/mol. The summed E-state index contributed by atoms with van der Waals surface area (Å²) in [6, 6.07) is 5.86. The molecule has 0 amide bonds. The van der Waals surface area contributed by atoms with Crippen molar-refractivity contribution in [3.63, 3.8) is 0 Å². The van der Waals surface area contributed by atoms with Gasteiger partial charge >= 0.3 is 0 Å². The van der Waals surface area contributed by atoms with Gasteiger partial charge in [-0.3, -0.25) is 15.8 Å². The molecule has 0 aromatic heterocycles. The zero-order valence-corrected chi connectivity index (χ0v) is 11.2. The van der Waals surface area contributed by atoms with Crippen LogP contribution in [0.2, 0.25) is 5.02 Å². The first-order valence-corrected chi connectivity index (χ1v) is 6.26. The number of thioether (sulfide) groups is 1. The van der Waals surface area contributed by atoms with Crippen molar-refractivity contribution < 1.29 is 0 Å². The summed E-state index contributed by atoms with van der Waals surface area (Å²) in [5.41, 5.74) is 5.40. The molecule has 0 radical (unpaired) electrons. The minimum Gasteiger partial charge on any atom is -0.286 e. The van der Waals surface area contributed by atoms with Crippen LogP contribution in [0.1, 0.15) is 5.56 Å². The van der Waals surface area contributed by atoms with Crippen LogP contribution in [0.3, 0.4) is 0 Å². The minimum atomic E-state index is 0. The largest absolute Gasteiger partial charge is 0.286 e. The summed E-state index contributed by atoms with van der Waals surface area (Å²) in [5.74, 6) is 0. The van der Waals surface area contributed by atoms with E-state index < -0.39 is 0 Å². The van der Waals surface area contributed by atoms with E-state index in [1.165, 1.54) is 17.3 Å². The van der Waals surface area contributed by atoms with E-state index in [1.54, 1.807) is 0 Å². The number of nitrogens with zero attached hydrogens (tertiary/aromatic N) is 1. The van der Waals surface area contributed by atoms with Gasteiger partial charge in [0.15, 0.2) is 5.17 Å². The summed E-state index contributed by atoms with van der Waals surface area (Å²) in [7, 11) is 0. The van der Waals surface area contributed by atoms with Gasteiger partial charge in [0, 0.05) is 11.6 Å². The van der Waals surface area contributed by atoms with Crippen LogP contribution in [0.15, 0.2) is 18.2 Å². The Balaban J connectivity index is 0.00000128. The van der Waals surface area contributed by atoms with E-state index in [0.29, 0.717) is 5.17 Å². The Kier molecular flexibility index (Phi) is 4.77.